The van der Waals surface area contributed by atoms with Gasteiger partial charge in [0.2, 0.25) is 0 Å². The van der Waals surface area contributed by atoms with Gasteiger partial charge in [-0.25, -0.2) is 0 Å². The van der Waals surface area contributed by atoms with Gasteiger partial charge in [-0.3, -0.25) is 0 Å². The molecule has 5 rings (SSSR count). The zero-order chi connectivity index (χ0) is 14.0. The third-order valence-corrected chi connectivity index (χ3v) is 5.66. The number of hydrogen-bond donors (Lipinski definition) is 0. The molecule has 0 radical (unpaired) electrons. The van der Waals surface area contributed by atoms with Crippen molar-refractivity contribution in [2.45, 2.75) is 11.8 Å². The highest BCUT2D eigenvalue weighted by atomic mass is 14.8. The summed E-state index contributed by atoms with van der Waals surface area (Å²) in [4.78, 5) is 0. The van der Waals surface area contributed by atoms with Gasteiger partial charge in [-0.15, -0.1) is 0 Å². The lowest BCUT2D eigenvalue weighted by atomic mass is 9.78. The molecule has 20 heavy (non-hydrogen) atoms. The Kier molecular flexibility index (Phi) is 1.81. The van der Waals surface area contributed by atoms with Gasteiger partial charge in [-0.05, 0) is 41.2 Å². The van der Waals surface area contributed by atoms with Crippen molar-refractivity contribution in [3.8, 4) is 0 Å². The molecule has 1 unspecified atom stereocenters. The van der Waals surface area contributed by atoms with Gasteiger partial charge in [0.05, 0.1) is 0 Å². The Hall–Kier alpha value is -1.82. The van der Waals surface area contributed by atoms with Crippen molar-refractivity contribution >= 4 is 0 Å². The minimum Gasteiger partial charge on any atom is -0.0848 e. The second-order valence-corrected chi connectivity index (χ2v) is 6.38. The van der Waals surface area contributed by atoms with E-state index in [0.717, 1.165) is 0 Å². The summed E-state index contributed by atoms with van der Waals surface area (Å²) in [5.74, 6) is 2.14. The minimum atomic E-state index is 0.0977. The van der Waals surface area contributed by atoms with E-state index in [4.69, 9.17) is 1.37 Å². The average molecular weight is 259 g/mol. The summed E-state index contributed by atoms with van der Waals surface area (Å²) in [6.45, 7) is 0. The quantitative estimate of drug-likeness (QED) is 0.700. The van der Waals surface area contributed by atoms with Crippen LogP contribution in [0.15, 0.2) is 72.8 Å². The van der Waals surface area contributed by atoms with Gasteiger partial charge in [-0.2, -0.15) is 0 Å². The molecule has 0 aromatic heterocycles. The van der Waals surface area contributed by atoms with Crippen LogP contribution in [0.5, 0.6) is 0 Å². The Morgan fingerprint density at radius 2 is 1.20 bits per heavy atom. The molecule has 2 aromatic carbocycles. The molecule has 0 amide bonds. The van der Waals surface area contributed by atoms with Crippen LogP contribution in [-0.4, -0.2) is 0 Å². The second-order valence-electron chi connectivity index (χ2n) is 6.38. The van der Waals surface area contributed by atoms with Gasteiger partial charge in [-0.1, -0.05) is 72.8 Å². The maximum Gasteiger partial charge on any atom is 0.0279 e. The van der Waals surface area contributed by atoms with Crippen molar-refractivity contribution in [2.24, 2.45) is 23.7 Å². The molecule has 0 N–H and O–H groups in total. The molecule has 2 fully saturated rings. The van der Waals surface area contributed by atoms with Crippen molar-refractivity contribution < 1.29 is 1.37 Å². The summed E-state index contributed by atoms with van der Waals surface area (Å²) in [7, 11) is 0. The van der Waals surface area contributed by atoms with Gasteiger partial charge in [0.15, 0.2) is 0 Å². The molecule has 0 spiro atoms. The van der Waals surface area contributed by atoms with E-state index in [1.54, 1.807) is 0 Å². The zero-order valence-electron chi connectivity index (χ0n) is 12.3. The lowest BCUT2D eigenvalue weighted by Crippen LogP contribution is -2.20. The molecular weight excluding hydrogens is 240 g/mol. The van der Waals surface area contributed by atoms with Gasteiger partial charge in [0, 0.05) is 6.79 Å². The summed E-state index contributed by atoms with van der Waals surface area (Å²) in [5.41, 5.74) is 3.03. The van der Waals surface area contributed by atoms with Crippen molar-refractivity contribution in [2.75, 3.05) is 0 Å². The standard InChI is InChI=1S/C20H18/c1-3-7-16(8-4-1)20(17-9-5-2-6-10-17)18-14-11-12-15(13-14)19(18)20/h1-12,14-15,18-19H,13H2/t14-,15+,18+,19-/i13D/t13?,14-,15+,18+,19-. The molecule has 2 saturated carbocycles. The monoisotopic (exact) mass is 259 g/mol. The molecule has 0 saturated heterocycles. The van der Waals surface area contributed by atoms with Crippen LogP contribution in [0, 0.1) is 23.7 Å². The largest absolute Gasteiger partial charge is 0.0848 e. The Labute approximate surface area is 121 Å². The van der Waals surface area contributed by atoms with Crippen molar-refractivity contribution in [3.63, 3.8) is 0 Å². The van der Waals surface area contributed by atoms with Gasteiger partial charge in [0.25, 0.3) is 0 Å². The molecule has 3 aliphatic rings. The fourth-order valence-electron chi connectivity index (χ4n) is 5.01. The van der Waals surface area contributed by atoms with Crippen molar-refractivity contribution in [1.29, 1.82) is 0 Å². The highest BCUT2D eigenvalue weighted by molar-refractivity contribution is 5.53. The van der Waals surface area contributed by atoms with E-state index in [0.29, 0.717) is 23.7 Å². The van der Waals surface area contributed by atoms with E-state index in [2.05, 4.69) is 72.8 Å². The number of allylic oxidation sites excluding steroid dienone is 2. The molecule has 5 atom stereocenters. The summed E-state index contributed by atoms with van der Waals surface area (Å²) in [5, 5.41) is 0. The fraction of sp³-hybridized carbons (Fsp3) is 0.300. The van der Waals surface area contributed by atoms with Crippen LogP contribution in [0.4, 0.5) is 0 Å². The first-order chi connectivity index (χ1) is 10.3. The number of fused-ring (bicyclic) bond motifs is 5. The maximum atomic E-state index is 8.41. The zero-order valence-corrected chi connectivity index (χ0v) is 11.3. The molecule has 3 aliphatic carbocycles. The Bertz CT molecular complexity index is 642. The van der Waals surface area contributed by atoms with Gasteiger partial charge in [0.1, 0.15) is 0 Å². The van der Waals surface area contributed by atoms with Crippen molar-refractivity contribution in [1.82, 2.24) is 0 Å². The molecule has 2 bridgehead atoms. The van der Waals surface area contributed by atoms with Crippen molar-refractivity contribution in [3.05, 3.63) is 83.9 Å². The number of benzene rings is 2. The van der Waals surface area contributed by atoms with Crippen LogP contribution in [0.2, 0.25) is 0 Å². The number of rotatable bonds is 2. The smallest absolute Gasteiger partial charge is 0.0279 e. The normalized spacial score (nSPS) is 39.4. The summed E-state index contributed by atoms with van der Waals surface area (Å²) in [6, 6.07) is 21.9. The highest BCUT2D eigenvalue weighted by Crippen LogP contribution is 2.76. The number of hydrogen-bond acceptors (Lipinski definition) is 0. The lowest BCUT2D eigenvalue weighted by molar-refractivity contribution is 0.478. The van der Waals surface area contributed by atoms with Crippen LogP contribution in [0.25, 0.3) is 0 Å². The molecular formula is C20H18. The van der Waals surface area contributed by atoms with Crippen LogP contribution in [0.1, 0.15) is 18.9 Å². The summed E-state index contributed by atoms with van der Waals surface area (Å²) >= 11 is 0. The van der Waals surface area contributed by atoms with E-state index in [1.165, 1.54) is 11.1 Å². The second kappa shape index (κ2) is 3.63. The maximum absolute atomic E-state index is 8.41. The summed E-state index contributed by atoms with van der Waals surface area (Å²) < 4.78 is 8.41. The lowest BCUT2D eigenvalue weighted by Gasteiger charge is -2.25. The van der Waals surface area contributed by atoms with Gasteiger partial charge >= 0.3 is 0 Å². The van der Waals surface area contributed by atoms with E-state index < -0.39 is 0 Å². The van der Waals surface area contributed by atoms with Crippen LogP contribution >= 0.6 is 0 Å². The van der Waals surface area contributed by atoms with Crippen LogP contribution < -0.4 is 0 Å². The summed E-state index contributed by atoms with van der Waals surface area (Å²) in [6.07, 6.45) is 4.73. The topological polar surface area (TPSA) is 0 Å². The van der Waals surface area contributed by atoms with Crippen LogP contribution in [0.3, 0.4) is 0 Å². The predicted octanol–water partition coefficient (Wildman–Crippen LogP) is 4.42. The molecule has 0 nitrogen and oxygen atoms in total. The van der Waals surface area contributed by atoms with E-state index in [1.807, 2.05) is 0 Å². The molecule has 2 aromatic rings. The Morgan fingerprint density at radius 1 is 0.750 bits per heavy atom. The third-order valence-electron chi connectivity index (χ3n) is 5.66. The third kappa shape index (κ3) is 1.14. The first-order valence-corrected chi connectivity index (χ1v) is 7.57. The predicted molar refractivity (Wildman–Crippen MR) is 81.4 cm³/mol. The van der Waals surface area contributed by atoms with Crippen LogP contribution in [-0.2, 0) is 5.41 Å². The fourth-order valence-corrected chi connectivity index (χ4v) is 5.01. The molecule has 0 aliphatic heterocycles. The van der Waals surface area contributed by atoms with E-state index in [9.17, 15) is 0 Å². The first-order valence-electron chi connectivity index (χ1n) is 8.14. The first kappa shape index (κ1) is 9.99. The minimum absolute atomic E-state index is 0.0977. The Morgan fingerprint density at radius 3 is 1.65 bits per heavy atom. The molecule has 0 heteroatoms. The Balaban J connectivity index is 1.70. The molecule has 98 valence electrons. The molecule has 0 heterocycles. The van der Waals surface area contributed by atoms with E-state index in [-0.39, 0.29) is 11.8 Å². The highest BCUT2D eigenvalue weighted by Gasteiger charge is 2.74. The average Bonchev–Trinajstić information content (AvgIpc) is 3.04. The van der Waals surface area contributed by atoms with E-state index >= 15 is 0 Å². The SMILES string of the molecule is [2H]C1[C@H]2C=C[C@@H]1[C@@H]1[C@H]2C1(c1ccccc1)c1ccccc1. The van der Waals surface area contributed by atoms with Gasteiger partial charge < -0.3 is 0 Å².